The summed E-state index contributed by atoms with van der Waals surface area (Å²) >= 11 is 0. The number of aromatic nitrogens is 1. The molecule has 6 heteroatoms. The van der Waals surface area contributed by atoms with E-state index in [4.69, 9.17) is 5.73 Å². The van der Waals surface area contributed by atoms with Crippen molar-refractivity contribution in [1.82, 2.24) is 4.98 Å². The van der Waals surface area contributed by atoms with Gasteiger partial charge >= 0.3 is 0 Å². The largest absolute Gasteiger partial charge is 0.397 e. The molecule has 6 nitrogen and oxygen atoms in total. The van der Waals surface area contributed by atoms with E-state index >= 15 is 0 Å². The fourth-order valence-electron chi connectivity index (χ4n) is 2.15. The molecule has 0 bridgehead atoms. The molecule has 21 heavy (non-hydrogen) atoms. The summed E-state index contributed by atoms with van der Waals surface area (Å²) in [4.78, 5) is 14.3. The highest BCUT2D eigenvalue weighted by atomic mass is 16.6. The number of anilines is 3. The average Bonchev–Trinajstić information content (AvgIpc) is 2.49. The first kappa shape index (κ1) is 12.9. The van der Waals surface area contributed by atoms with Crippen LogP contribution in [0.15, 0.2) is 54.9 Å². The Morgan fingerprint density at radius 1 is 1.14 bits per heavy atom. The summed E-state index contributed by atoms with van der Waals surface area (Å²) in [7, 11) is 0. The van der Waals surface area contributed by atoms with E-state index in [1.165, 1.54) is 12.1 Å². The van der Waals surface area contributed by atoms with Crippen molar-refractivity contribution in [1.29, 1.82) is 0 Å². The number of nitrogens with two attached hydrogens (primary N) is 1. The standard InChI is InChI=1S/C15H12N4O2/c16-13-8-11(19(20)21)4-5-15(13)18-14-3-1-2-10-9-17-7-6-12(10)14/h1-9,18H,16H2. The molecule has 104 valence electrons. The van der Waals surface area contributed by atoms with E-state index in [9.17, 15) is 10.1 Å². The van der Waals surface area contributed by atoms with E-state index in [2.05, 4.69) is 10.3 Å². The summed E-state index contributed by atoms with van der Waals surface area (Å²) < 4.78 is 0. The van der Waals surface area contributed by atoms with Crippen LogP contribution in [0.1, 0.15) is 0 Å². The Balaban J connectivity index is 2.01. The molecule has 3 N–H and O–H groups in total. The van der Waals surface area contributed by atoms with Crippen molar-refractivity contribution in [2.75, 3.05) is 11.1 Å². The Bertz CT molecular complexity index is 828. The van der Waals surface area contributed by atoms with Crippen molar-refractivity contribution in [3.63, 3.8) is 0 Å². The molecule has 3 aromatic rings. The van der Waals surface area contributed by atoms with Crippen LogP contribution in [0.3, 0.4) is 0 Å². The van der Waals surface area contributed by atoms with Gasteiger partial charge in [0.05, 0.1) is 16.3 Å². The minimum atomic E-state index is -0.469. The average molecular weight is 280 g/mol. The minimum Gasteiger partial charge on any atom is -0.397 e. The van der Waals surface area contributed by atoms with Crippen molar-refractivity contribution >= 4 is 33.5 Å². The highest BCUT2D eigenvalue weighted by molar-refractivity contribution is 5.95. The van der Waals surface area contributed by atoms with Gasteiger partial charge in [0, 0.05) is 41.0 Å². The van der Waals surface area contributed by atoms with Crippen LogP contribution in [0.5, 0.6) is 0 Å². The quantitative estimate of drug-likeness (QED) is 0.435. The van der Waals surface area contributed by atoms with Gasteiger partial charge in [-0.15, -0.1) is 0 Å². The van der Waals surface area contributed by atoms with Crippen molar-refractivity contribution in [3.05, 3.63) is 65.0 Å². The number of benzene rings is 2. The molecule has 0 unspecified atom stereocenters. The number of nitro groups is 1. The molecule has 1 aromatic heterocycles. The molecule has 0 atom stereocenters. The van der Waals surface area contributed by atoms with Crippen LogP contribution in [0, 0.1) is 10.1 Å². The second-order valence-corrected chi connectivity index (χ2v) is 4.56. The van der Waals surface area contributed by atoms with Crippen molar-refractivity contribution in [2.45, 2.75) is 0 Å². The Morgan fingerprint density at radius 3 is 2.76 bits per heavy atom. The van der Waals surface area contributed by atoms with Gasteiger partial charge in [-0.1, -0.05) is 12.1 Å². The van der Waals surface area contributed by atoms with E-state index in [0.717, 1.165) is 16.5 Å². The van der Waals surface area contributed by atoms with Gasteiger partial charge in [0.25, 0.3) is 5.69 Å². The second kappa shape index (κ2) is 5.09. The predicted octanol–water partition coefficient (Wildman–Crippen LogP) is 3.47. The van der Waals surface area contributed by atoms with Gasteiger partial charge in [0.15, 0.2) is 0 Å². The summed E-state index contributed by atoms with van der Waals surface area (Å²) in [6.07, 6.45) is 3.49. The number of fused-ring (bicyclic) bond motifs is 1. The highest BCUT2D eigenvalue weighted by Gasteiger charge is 2.09. The van der Waals surface area contributed by atoms with E-state index in [1.807, 2.05) is 24.3 Å². The maximum absolute atomic E-state index is 10.7. The molecule has 0 aliphatic heterocycles. The number of non-ortho nitro benzene ring substituents is 1. The van der Waals surface area contributed by atoms with E-state index in [-0.39, 0.29) is 5.69 Å². The number of hydrogen-bond acceptors (Lipinski definition) is 5. The van der Waals surface area contributed by atoms with Gasteiger partial charge in [-0.3, -0.25) is 15.1 Å². The molecule has 1 heterocycles. The summed E-state index contributed by atoms with van der Waals surface area (Å²) in [5, 5.41) is 15.9. The zero-order valence-corrected chi connectivity index (χ0v) is 11.0. The lowest BCUT2D eigenvalue weighted by atomic mass is 10.1. The van der Waals surface area contributed by atoms with E-state index in [0.29, 0.717) is 11.4 Å². The van der Waals surface area contributed by atoms with Gasteiger partial charge < -0.3 is 11.1 Å². The Morgan fingerprint density at radius 2 is 2.00 bits per heavy atom. The number of rotatable bonds is 3. The normalized spacial score (nSPS) is 10.5. The third-order valence-corrected chi connectivity index (χ3v) is 3.20. The Hall–Kier alpha value is -3.15. The van der Waals surface area contributed by atoms with Gasteiger partial charge in [-0.25, -0.2) is 0 Å². The number of nitrogens with one attached hydrogen (secondary N) is 1. The molecule has 0 saturated heterocycles. The zero-order valence-electron chi connectivity index (χ0n) is 11.0. The maximum Gasteiger partial charge on any atom is 0.271 e. The fourth-order valence-corrected chi connectivity index (χ4v) is 2.15. The third kappa shape index (κ3) is 2.46. The molecule has 0 fully saturated rings. The van der Waals surface area contributed by atoms with Gasteiger partial charge in [-0.05, 0) is 18.2 Å². The van der Waals surface area contributed by atoms with E-state index in [1.54, 1.807) is 18.5 Å². The summed E-state index contributed by atoms with van der Waals surface area (Å²) in [6.45, 7) is 0. The lowest BCUT2D eigenvalue weighted by Gasteiger charge is -2.11. The fraction of sp³-hybridized carbons (Fsp3) is 0. The first-order valence-electron chi connectivity index (χ1n) is 6.29. The molecule has 3 rings (SSSR count). The molecular weight excluding hydrogens is 268 g/mol. The van der Waals surface area contributed by atoms with E-state index < -0.39 is 4.92 Å². The van der Waals surface area contributed by atoms with Crippen LogP contribution in [-0.2, 0) is 0 Å². The number of nitro benzene ring substituents is 1. The van der Waals surface area contributed by atoms with Crippen LogP contribution in [0.25, 0.3) is 10.8 Å². The predicted molar refractivity (Wildman–Crippen MR) is 82.5 cm³/mol. The zero-order chi connectivity index (χ0) is 14.8. The monoisotopic (exact) mass is 280 g/mol. The summed E-state index contributed by atoms with van der Waals surface area (Å²) in [6, 6.07) is 12.1. The molecule has 2 aromatic carbocycles. The van der Waals surface area contributed by atoms with Crippen LogP contribution in [0.2, 0.25) is 0 Å². The number of pyridine rings is 1. The topological polar surface area (TPSA) is 94.1 Å². The van der Waals surface area contributed by atoms with Crippen LogP contribution >= 0.6 is 0 Å². The summed E-state index contributed by atoms with van der Waals surface area (Å²) in [5.74, 6) is 0. The lowest BCUT2D eigenvalue weighted by molar-refractivity contribution is -0.384. The smallest absolute Gasteiger partial charge is 0.271 e. The molecular formula is C15H12N4O2. The molecule has 0 amide bonds. The van der Waals surface area contributed by atoms with Gasteiger partial charge in [0.1, 0.15) is 0 Å². The number of nitrogen functional groups attached to an aromatic ring is 1. The second-order valence-electron chi connectivity index (χ2n) is 4.56. The number of hydrogen-bond donors (Lipinski definition) is 2. The Labute approximate surface area is 120 Å². The van der Waals surface area contributed by atoms with Crippen LogP contribution < -0.4 is 11.1 Å². The van der Waals surface area contributed by atoms with Crippen molar-refractivity contribution in [3.8, 4) is 0 Å². The minimum absolute atomic E-state index is 0.0276. The molecule has 0 saturated carbocycles. The van der Waals surface area contributed by atoms with Crippen molar-refractivity contribution in [2.24, 2.45) is 0 Å². The lowest BCUT2D eigenvalue weighted by Crippen LogP contribution is -1.98. The first-order chi connectivity index (χ1) is 10.1. The molecule has 0 radical (unpaired) electrons. The Kier molecular flexibility index (Phi) is 3.12. The van der Waals surface area contributed by atoms with Gasteiger partial charge in [-0.2, -0.15) is 0 Å². The maximum atomic E-state index is 10.7. The highest BCUT2D eigenvalue weighted by Crippen LogP contribution is 2.30. The number of nitrogens with zero attached hydrogens (tertiary/aromatic N) is 2. The third-order valence-electron chi connectivity index (χ3n) is 3.20. The molecule has 0 spiro atoms. The van der Waals surface area contributed by atoms with Crippen LogP contribution in [-0.4, -0.2) is 9.91 Å². The molecule has 0 aliphatic carbocycles. The van der Waals surface area contributed by atoms with Crippen molar-refractivity contribution < 1.29 is 4.92 Å². The van der Waals surface area contributed by atoms with Gasteiger partial charge in [0.2, 0.25) is 0 Å². The summed E-state index contributed by atoms with van der Waals surface area (Å²) in [5.41, 5.74) is 7.67. The first-order valence-corrected chi connectivity index (χ1v) is 6.29. The molecule has 0 aliphatic rings. The SMILES string of the molecule is Nc1cc([N+](=O)[O-])ccc1Nc1cccc2cnccc12. The van der Waals surface area contributed by atoms with Crippen LogP contribution in [0.4, 0.5) is 22.7 Å².